The average Bonchev–Trinajstić information content (AvgIpc) is 2.63. The lowest BCUT2D eigenvalue weighted by Gasteiger charge is -2.28. The minimum absolute atomic E-state index is 0.0243. The van der Waals surface area contributed by atoms with Gasteiger partial charge in [-0.15, -0.1) is 0 Å². The number of carboxylic acid groups (broad SMARTS) is 1. The fourth-order valence-corrected chi connectivity index (χ4v) is 2.67. The Morgan fingerprint density at radius 2 is 2.15 bits per heavy atom. The van der Waals surface area contributed by atoms with E-state index in [9.17, 15) is 20.0 Å². The average molecular weight is 278 g/mol. The molecule has 20 heavy (non-hydrogen) atoms. The molecule has 1 aliphatic rings. The molecule has 6 nitrogen and oxygen atoms in total. The van der Waals surface area contributed by atoms with Crippen LogP contribution in [0.5, 0.6) is 0 Å². The van der Waals surface area contributed by atoms with Gasteiger partial charge in [0.1, 0.15) is 11.7 Å². The van der Waals surface area contributed by atoms with Crippen LogP contribution < -0.4 is 4.90 Å². The summed E-state index contributed by atoms with van der Waals surface area (Å²) < 4.78 is 0. The number of anilines is 1. The summed E-state index contributed by atoms with van der Waals surface area (Å²) in [7, 11) is 0. The lowest BCUT2D eigenvalue weighted by molar-refractivity contribution is -0.384. The van der Waals surface area contributed by atoms with Crippen molar-refractivity contribution >= 4 is 17.3 Å². The first-order valence-corrected chi connectivity index (χ1v) is 6.75. The highest BCUT2D eigenvalue weighted by atomic mass is 16.6. The molecule has 0 aliphatic carbocycles. The van der Waals surface area contributed by atoms with Crippen LogP contribution in [0.15, 0.2) is 18.2 Å². The summed E-state index contributed by atoms with van der Waals surface area (Å²) >= 11 is 0. The van der Waals surface area contributed by atoms with E-state index in [2.05, 4.69) is 0 Å². The van der Waals surface area contributed by atoms with Gasteiger partial charge in [-0.3, -0.25) is 10.1 Å². The second-order valence-electron chi connectivity index (χ2n) is 5.15. The molecule has 1 aromatic rings. The van der Waals surface area contributed by atoms with Crippen LogP contribution in [0.3, 0.4) is 0 Å². The van der Waals surface area contributed by atoms with Gasteiger partial charge >= 0.3 is 5.97 Å². The monoisotopic (exact) mass is 278 g/mol. The van der Waals surface area contributed by atoms with Gasteiger partial charge in [-0.1, -0.05) is 18.9 Å². The number of nitro benzene ring substituents is 1. The largest absolute Gasteiger partial charge is 0.480 e. The number of rotatable bonds is 3. The molecule has 6 heteroatoms. The smallest absolute Gasteiger partial charge is 0.326 e. The zero-order valence-electron chi connectivity index (χ0n) is 11.4. The maximum atomic E-state index is 11.4. The van der Waals surface area contributed by atoms with Crippen molar-refractivity contribution in [1.29, 1.82) is 0 Å². The second-order valence-corrected chi connectivity index (χ2v) is 5.15. The lowest BCUT2D eigenvalue weighted by atomic mass is 10.1. The fourth-order valence-electron chi connectivity index (χ4n) is 2.67. The third-order valence-electron chi connectivity index (χ3n) is 3.67. The van der Waals surface area contributed by atoms with Crippen molar-refractivity contribution in [1.82, 2.24) is 0 Å². The maximum absolute atomic E-state index is 11.4. The Morgan fingerprint density at radius 1 is 1.40 bits per heavy atom. The van der Waals surface area contributed by atoms with E-state index in [4.69, 9.17) is 0 Å². The molecular weight excluding hydrogens is 260 g/mol. The molecule has 1 saturated heterocycles. The summed E-state index contributed by atoms with van der Waals surface area (Å²) in [6.45, 7) is 2.39. The highest BCUT2D eigenvalue weighted by Crippen LogP contribution is 2.33. The molecule has 0 bridgehead atoms. The fraction of sp³-hybridized carbons (Fsp3) is 0.500. The molecule has 0 aromatic heterocycles. The Balaban J connectivity index is 2.47. The quantitative estimate of drug-likeness (QED) is 0.679. The van der Waals surface area contributed by atoms with E-state index < -0.39 is 16.9 Å². The Hall–Kier alpha value is -2.11. The van der Waals surface area contributed by atoms with Crippen LogP contribution >= 0.6 is 0 Å². The molecule has 2 rings (SSSR count). The van der Waals surface area contributed by atoms with Gasteiger partial charge in [0.2, 0.25) is 0 Å². The molecule has 1 aliphatic heterocycles. The summed E-state index contributed by atoms with van der Waals surface area (Å²) in [5.41, 5.74) is 1.28. The maximum Gasteiger partial charge on any atom is 0.326 e. The van der Waals surface area contributed by atoms with Gasteiger partial charge in [0.15, 0.2) is 0 Å². The van der Waals surface area contributed by atoms with Gasteiger partial charge in [-0.2, -0.15) is 0 Å². The van der Waals surface area contributed by atoms with E-state index in [0.717, 1.165) is 24.8 Å². The summed E-state index contributed by atoms with van der Waals surface area (Å²) in [6.07, 6.45) is 3.18. The van der Waals surface area contributed by atoms with E-state index in [-0.39, 0.29) is 5.69 Å². The van der Waals surface area contributed by atoms with Crippen molar-refractivity contribution in [2.45, 2.75) is 38.6 Å². The van der Waals surface area contributed by atoms with Gasteiger partial charge in [0.05, 0.1) is 4.92 Å². The first-order chi connectivity index (χ1) is 9.50. The Kier molecular flexibility index (Phi) is 4.22. The number of nitrogens with zero attached hydrogens (tertiary/aromatic N) is 2. The molecule has 0 amide bonds. The van der Waals surface area contributed by atoms with Crippen LogP contribution in [0.2, 0.25) is 0 Å². The Bertz CT molecular complexity index is 530. The predicted molar refractivity (Wildman–Crippen MR) is 75.1 cm³/mol. The van der Waals surface area contributed by atoms with Crippen LogP contribution in [-0.2, 0) is 4.79 Å². The molecule has 1 heterocycles. The molecule has 1 fully saturated rings. The standard InChI is InChI=1S/C14H18N2O4/c1-10-6-7-11(16(19)20)13(9-10)15-8-4-2-3-5-12(15)14(17)18/h6-7,9,12H,2-5,8H2,1H3,(H,17,18). The number of aliphatic carboxylic acids is 1. The Morgan fingerprint density at radius 3 is 2.80 bits per heavy atom. The molecule has 1 N–H and O–H groups in total. The zero-order valence-corrected chi connectivity index (χ0v) is 11.4. The highest BCUT2D eigenvalue weighted by molar-refractivity contribution is 5.80. The number of aryl methyl sites for hydroxylation is 1. The van der Waals surface area contributed by atoms with Crippen LogP contribution in [0.4, 0.5) is 11.4 Å². The van der Waals surface area contributed by atoms with Gasteiger partial charge in [-0.05, 0) is 31.4 Å². The Labute approximate surface area is 117 Å². The molecule has 1 aromatic carbocycles. The summed E-state index contributed by atoms with van der Waals surface area (Å²) in [6, 6.07) is 4.15. The molecular formula is C14H18N2O4. The van der Waals surface area contributed by atoms with Gasteiger partial charge in [0, 0.05) is 12.6 Å². The number of nitro groups is 1. The van der Waals surface area contributed by atoms with E-state index >= 15 is 0 Å². The van der Waals surface area contributed by atoms with Gasteiger partial charge < -0.3 is 10.0 Å². The van der Waals surface area contributed by atoms with Crippen molar-refractivity contribution in [2.24, 2.45) is 0 Å². The number of hydrogen-bond donors (Lipinski definition) is 1. The second kappa shape index (κ2) is 5.90. The minimum Gasteiger partial charge on any atom is -0.480 e. The summed E-state index contributed by atoms with van der Waals surface area (Å²) in [4.78, 5) is 23.9. The number of carbonyl (C=O) groups is 1. The van der Waals surface area contributed by atoms with Gasteiger partial charge in [0.25, 0.3) is 5.69 Å². The van der Waals surface area contributed by atoms with Crippen LogP contribution in [0, 0.1) is 17.0 Å². The number of hydrogen-bond acceptors (Lipinski definition) is 4. The SMILES string of the molecule is Cc1ccc([N+](=O)[O-])c(N2CCCCCC2C(=O)O)c1. The molecule has 108 valence electrons. The van der Waals surface area contributed by atoms with E-state index in [1.807, 2.05) is 6.92 Å². The molecule has 1 unspecified atom stereocenters. The predicted octanol–water partition coefficient (Wildman–Crippen LogP) is 2.74. The first kappa shape index (κ1) is 14.3. The van der Waals surface area contributed by atoms with Crippen LogP contribution in [0.25, 0.3) is 0 Å². The molecule has 1 atom stereocenters. The summed E-state index contributed by atoms with van der Waals surface area (Å²) in [5.74, 6) is -0.914. The van der Waals surface area contributed by atoms with Crippen molar-refractivity contribution in [3.05, 3.63) is 33.9 Å². The lowest BCUT2D eigenvalue weighted by Crippen LogP contribution is -2.41. The van der Waals surface area contributed by atoms with Crippen molar-refractivity contribution in [2.75, 3.05) is 11.4 Å². The third-order valence-corrected chi connectivity index (χ3v) is 3.67. The van der Waals surface area contributed by atoms with Crippen molar-refractivity contribution in [3.63, 3.8) is 0 Å². The van der Waals surface area contributed by atoms with Crippen molar-refractivity contribution < 1.29 is 14.8 Å². The van der Waals surface area contributed by atoms with Gasteiger partial charge in [-0.25, -0.2) is 4.79 Å². The molecule has 0 spiro atoms. The minimum atomic E-state index is -0.914. The van der Waals surface area contributed by atoms with Crippen molar-refractivity contribution in [3.8, 4) is 0 Å². The number of benzene rings is 1. The van der Waals surface area contributed by atoms with E-state index in [0.29, 0.717) is 18.7 Å². The zero-order chi connectivity index (χ0) is 14.7. The number of carboxylic acids is 1. The normalized spacial score (nSPS) is 19.4. The van der Waals surface area contributed by atoms with E-state index in [1.165, 1.54) is 6.07 Å². The first-order valence-electron chi connectivity index (χ1n) is 6.75. The molecule has 0 radical (unpaired) electrons. The van der Waals surface area contributed by atoms with Crippen LogP contribution in [0.1, 0.15) is 31.2 Å². The topological polar surface area (TPSA) is 83.7 Å². The molecule has 0 saturated carbocycles. The van der Waals surface area contributed by atoms with Crippen LogP contribution in [-0.4, -0.2) is 28.6 Å². The third kappa shape index (κ3) is 2.89. The summed E-state index contributed by atoms with van der Waals surface area (Å²) in [5, 5.41) is 20.6. The highest BCUT2D eigenvalue weighted by Gasteiger charge is 2.31. The van der Waals surface area contributed by atoms with E-state index in [1.54, 1.807) is 17.0 Å².